The number of hydrogen-bond acceptors (Lipinski definition) is 4. The first kappa shape index (κ1) is 18.2. The van der Waals surface area contributed by atoms with Crippen LogP contribution in [0.15, 0.2) is 0 Å². The van der Waals surface area contributed by atoms with Gasteiger partial charge in [0.15, 0.2) is 0 Å². The third-order valence-corrected chi connectivity index (χ3v) is 4.38. The fourth-order valence-electron chi connectivity index (χ4n) is 2.02. The molecule has 1 rings (SSSR count). The molecular weight excluding hydrogens is 304 g/mol. The summed E-state index contributed by atoms with van der Waals surface area (Å²) in [6, 6.07) is 0. The Kier molecular flexibility index (Phi) is 7.04. The smallest absolute Gasteiger partial charge is 0.303 e. The molecule has 1 aromatic heterocycles. The van der Waals surface area contributed by atoms with E-state index in [0.29, 0.717) is 23.5 Å². The van der Waals surface area contributed by atoms with E-state index in [4.69, 9.17) is 5.11 Å². The van der Waals surface area contributed by atoms with Crippen LogP contribution in [0.3, 0.4) is 0 Å². The van der Waals surface area contributed by atoms with Crippen LogP contribution in [0.25, 0.3) is 0 Å². The number of thiophene rings is 1. The minimum Gasteiger partial charge on any atom is -0.481 e. The van der Waals surface area contributed by atoms with E-state index in [1.807, 2.05) is 13.8 Å². The minimum absolute atomic E-state index is 0.156. The maximum Gasteiger partial charge on any atom is 0.303 e. The van der Waals surface area contributed by atoms with Gasteiger partial charge >= 0.3 is 5.97 Å². The molecule has 1 aromatic rings. The normalized spacial score (nSPS) is 10.3. The predicted octanol–water partition coefficient (Wildman–Crippen LogP) is 2.70. The van der Waals surface area contributed by atoms with Gasteiger partial charge in [0, 0.05) is 24.8 Å². The maximum absolute atomic E-state index is 12.3. The van der Waals surface area contributed by atoms with Crippen molar-refractivity contribution in [3.8, 4) is 0 Å². The molecule has 0 aromatic carbocycles. The number of carboxylic acid groups (broad SMARTS) is 1. The van der Waals surface area contributed by atoms with Crippen LogP contribution in [0.5, 0.6) is 0 Å². The molecule has 3 N–H and O–H groups in total. The van der Waals surface area contributed by atoms with Crippen molar-refractivity contribution in [3.63, 3.8) is 0 Å². The molecule has 0 aliphatic heterocycles. The number of hydrogen-bond donors (Lipinski definition) is 3. The Balaban J connectivity index is 2.54. The van der Waals surface area contributed by atoms with Crippen LogP contribution in [0, 0.1) is 13.8 Å². The Morgan fingerprint density at radius 1 is 1.14 bits per heavy atom. The number of anilines is 1. The Bertz CT molecular complexity index is 566. The fourth-order valence-corrected chi connectivity index (χ4v) is 3.12. The number of carboxylic acids is 1. The Labute approximate surface area is 133 Å². The second-order valence-corrected chi connectivity index (χ2v) is 6.35. The van der Waals surface area contributed by atoms with E-state index < -0.39 is 5.97 Å². The SMILES string of the molecule is CC(=O)Nc1sc(C)c(C)c1C(=O)NCCCCCC(=O)O. The van der Waals surface area contributed by atoms with Crippen LogP contribution in [0.4, 0.5) is 5.00 Å². The molecule has 122 valence electrons. The van der Waals surface area contributed by atoms with Crippen LogP contribution in [-0.2, 0) is 9.59 Å². The molecule has 0 fully saturated rings. The van der Waals surface area contributed by atoms with Crippen molar-refractivity contribution in [3.05, 3.63) is 16.0 Å². The quantitative estimate of drug-likeness (QED) is 0.640. The van der Waals surface area contributed by atoms with Crippen molar-refractivity contribution >= 4 is 34.1 Å². The average molecular weight is 326 g/mol. The van der Waals surface area contributed by atoms with Crippen LogP contribution >= 0.6 is 11.3 Å². The van der Waals surface area contributed by atoms with Gasteiger partial charge in [0.05, 0.1) is 5.56 Å². The Morgan fingerprint density at radius 3 is 2.41 bits per heavy atom. The van der Waals surface area contributed by atoms with Gasteiger partial charge in [-0.25, -0.2) is 0 Å². The minimum atomic E-state index is -0.798. The van der Waals surface area contributed by atoms with E-state index >= 15 is 0 Å². The number of aliphatic carboxylic acids is 1. The summed E-state index contributed by atoms with van der Waals surface area (Å²) in [6.45, 7) is 5.67. The highest BCUT2D eigenvalue weighted by molar-refractivity contribution is 7.16. The van der Waals surface area contributed by atoms with Gasteiger partial charge in [0.2, 0.25) is 5.91 Å². The summed E-state index contributed by atoms with van der Waals surface area (Å²) in [5, 5.41) is 14.6. The van der Waals surface area contributed by atoms with E-state index in [0.717, 1.165) is 23.3 Å². The molecule has 0 bridgehead atoms. The third kappa shape index (κ3) is 5.48. The first-order chi connectivity index (χ1) is 10.3. The van der Waals surface area contributed by atoms with Gasteiger partial charge in [-0.05, 0) is 32.3 Å². The van der Waals surface area contributed by atoms with Crippen molar-refractivity contribution in [1.29, 1.82) is 0 Å². The second kappa shape index (κ2) is 8.53. The standard InChI is InChI=1S/C15H22N2O4S/c1-9-10(2)22-15(17-11(3)18)13(9)14(21)16-8-6-4-5-7-12(19)20/h4-8H2,1-3H3,(H,16,21)(H,17,18)(H,19,20). The van der Waals surface area contributed by atoms with Gasteiger partial charge in [-0.1, -0.05) is 6.42 Å². The molecule has 2 amide bonds. The van der Waals surface area contributed by atoms with E-state index in [1.165, 1.54) is 18.3 Å². The molecular formula is C15H22N2O4S. The first-order valence-corrected chi connectivity index (χ1v) is 8.02. The molecule has 7 heteroatoms. The van der Waals surface area contributed by atoms with Gasteiger partial charge in [0.25, 0.3) is 5.91 Å². The van der Waals surface area contributed by atoms with Crippen LogP contribution < -0.4 is 10.6 Å². The second-order valence-electron chi connectivity index (χ2n) is 5.13. The lowest BCUT2D eigenvalue weighted by atomic mass is 10.1. The molecule has 1 heterocycles. The zero-order chi connectivity index (χ0) is 16.7. The van der Waals surface area contributed by atoms with Crippen molar-refractivity contribution in [2.24, 2.45) is 0 Å². The molecule has 0 radical (unpaired) electrons. The van der Waals surface area contributed by atoms with Crippen LogP contribution in [-0.4, -0.2) is 29.4 Å². The van der Waals surface area contributed by atoms with Gasteiger partial charge in [-0.3, -0.25) is 14.4 Å². The molecule has 0 atom stereocenters. The van der Waals surface area contributed by atoms with Crippen molar-refractivity contribution in [2.75, 3.05) is 11.9 Å². The number of amides is 2. The summed E-state index contributed by atoms with van der Waals surface area (Å²) in [5.41, 5.74) is 1.39. The lowest BCUT2D eigenvalue weighted by Gasteiger charge is -2.07. The summed E-state index contributed by atoms with van der Waals surface area (Å²) in [6.07, 6.45) is 2.26. The predicted molar refractivity (Wildman–Crippen MR) is 86.5 cm³/mol. The van der Waals surface area contributed by atoms with Crippen molar-refractivity contribution in [2.45, 2.75) is 46.5 Å². The largest absolute Gasteiger partial charge is 0.481 e. The van der Waals surface area contributed by atoms with Crippen LogP contribution in [0.1, 0.15) is 53.4 Å². The van der Waals surface area contributed by atoms with E-state index in [2.05, 4.69) is 10.6 Å². The van der Waals surface area contributed by atoms with Crippen molar-refractivity contribution < 1.29 is 19.5 Å². The summed E-state index contributed by atoms with van der Waals surface area (Å²) < 4.78 is 0. The van der Waals surface area contributed by atoms with Crippen molar-refractivity contribution in [1.82, 2.24) is 5.32 Å². The number of unbranched alkanes of at least 4 members (excludes halogenated alkanes) is 2. The molecule has 0 unspecified atom stereocenters. The molecule has 22 heavy (non-hydrogen) atoms. The summed E-state index contributed by atoms with van der Waals surface area (Å²) in [5.74, 6) is -1.21. The van der Waals surface area contributed by atoms with E-state index in [1.54, 1.807) is 0 Å². The topological polar surface area (TPSA) is 95.5 Å². The average Bonchev–Trinajstić information content (AvgIpc) is 2.67. The molecule has 0 aliphatic carbocycles. The molecule has 0 aliphatic rings. The summed E-state index contributed by atoms with van der Waals surface area (Å²) in [4.78, 5) is 34.9. The number of carbonyl (C=O) groups excluding carboxylic acids is 2. The highest BCUT2D eigenvalue weighted by atomic mass is 32.1. The highest BCUT2D eigenvalue weighted by Crippen LogP contribution is 2.32. The number of rotatable bonds is 8. The lowest BCUT2D eigenvalue weighted by Crippen LogP contribution is -2.26. The van der Waals surface area contributed by atoms with Gasteiger partial charge in [-0.2, -0.15) is 0 Å². The van der Waals surface area contributed by atoms with Gasteiger partial charge in [0.1, 0.15) is 5.00 Å². The van der Waals surface area contributed by atoms with Gasteiger partial charge < -0.3 is 15.7 Å². The lowest BCUT2D eigenvalue weighted by molar-refractivity contribution is -0.137. The van der Waals surface area contributed by atoms with Gasteiger partial charge in [-0.15, -0.1) is 11.3 Å². The fraction of sp³-hybridized carbons (Fsp3) is 0.533. The number of aryl methyl sites for hydroxylation is 1. The number of carbonyl (C=O) groups is 3. The maximum atomic E-state index is 12.3. The summed E-state index contributed by atoms with van der Waals surface area (Å²) in [7, 11) is 0. The zero-order valence-corrected chi connectivity index (χ0v) is 13.9. The number of nitrogens with one attached hydrogen (secondary N) is 2. The van der Waals surface area contributed by atoms with Crippen LogP contribution in [0.2, 0.25) is 0 Å². The monoisotopic (exact) mass is 326 g/mol. The Morgan fingerprint density at radius 2 is 1.82 bits per heavy atom. The molecule has 6 nitrogen and oxygen atoms in total. The first-order valence-electron chi connectivity index (χ1n) is 7.20. The summed E-state index contributed by atoms with van der Waals surface area (Å²) >= 11 is 1.39. The molecule has 0 saturated carbocycles. The molecule has 0 spiro atoms. The Hall–Kier alpha value is -1.89. The highest BCUT2D eigenvalue weighted by Gasteiger charge is 2.19. The zero-order valence-electron chi connectivity index (χ0n) is 13.1. The third-order valence-electron chi connectivity index (χ3n) is 3.25. The molecule has 0 saturated heterocycles. The van der Waals surface area contributed by atoms with E-state index in [-0.39, 0.29) is 18.2 Å². The van der Waals surface area contributed by atoms with E-state index in [9.17, 15) is 14.4 Å².